The summed E-state index contributed by atoms with van der Waals surface area (Å²) in [6.07, 6.45) is 0.757. The maximum atomic E-state index is 12.4. The van der Waals surface area contributed by atoms with E-state index in [1.54, 1.807) is 30.1 Å². The van der Waals surface area contributed by atoms with Crippen LogP contribution in [0.4, 0.5) is 5.69 Å². The predicted octanol–water partition coefficient (Wildman–Crippen LogP) is 0.761. The molecule has 0 radical (unpaired) electrons. The van der Waals surface area contributed by atoms with Crippen LogP contribution in [0.1, 0.15) is 12.5 Å². The Bertz CT molecular complexity index is 649. The second kappa shape index (κ2) is 7.41. The first-order valence-electron chi connectivity index (χ1n) is 6.93. The number of nitrogens with zero attached hydrogens (tertiary/aromatic N) is 1. The number of fused-ring (bicyclic) bond motifs is 1. The fourth-order valence-corrected chi connectivity index (χ4v) is 3.28. The van der Waals surface area contributed by atoms with Gasteiger partial charge >= 0.3 is 0 Å². The largest absolute Gasteiger partial charge is 0.319 e. The highest BCUT2D eigenvalue weighted by atomic mass is 35.5. The van der Waals surface area contributed by atoms with Gasteiger partial charge in [-0.3, -0.25) is 4.79 Å². The van der Waals surface area contributed by atoms with E-state index in [1.165, 1.54) is 7.05 Å². The monoisotopic (exact) mass is 347 g/mol. The second-order valence-electron chi connectivity index (χ2n) is 5.20. The summed E-state index contributed by atoms with van der Waals surface area (Å²) >= 11 is 0. The molecule has 0 aromatic heterocycles. The molecule has 2 N–H and O–H groups in total. The SMILES string of the molecule is CNCC(C)C(=O)N1CCc2ccc(S(=O)(=O)NC)cc21.Cl. The lowest BCUT2D eigenvalue weighted by Crippen LogP contribution is -2.37. The van der Waals surface area contributed by atoms with Crippen LogP contribution in [-0.4, -0.2) is 41.5 Å². The lowest BCUT2D eigenvalue weighted by molar-refractivity contribution is -0.121. The van der Waals surface area contributed by atoms with Crippen LogP contribution in [0.5, 0.6) is 0 Å². The van der Waals surface area contributed by atoms with Crippen molar-refractivity contribution in [1.82, 2.24) is 10.0 Å². The van der Waals surface area contributed by atoms with Gasteiger partial charge in [-0.15, -0.1) is 12.4 Å². The van der Waals surface area contributed by atoms with Gasteiger partial charge in [-0.1, -0.05) is 13.0 Å². The molecule has 0 saturated carbocycles. The van der Waals surface area contributed by atoms with Gasteiger partial charge in [0.1, 0.15) is 0 Å². The molecule has 1 aromatic carbocycles. The van der Waals surface area contributed by atoms with Crippen molar-refractivity contribution < 1.29 is 13.2 Å². The fourth-order valence-electron chi connectivity index (χ4n) is 2.53. The minimum atomic E-state index is -3.50. The number of anilines is 1. The lowest BCUT2D eigenvalue weighted by atomic mass is 10.1. The van der Waals surface area contributed by atoms with Crippen molar-refractivity contribution in [2.24, 2.45) is 5.92 Å². The van der Waals surface area contributed by atoms with Crippen LogP contribution in [-0.2, 0) is 21.2 Å². The Morgan fingerprint density at radius 2 is 2.05 bits per heavy atom. The highest BCUT2D eigenvalue weighted by molar-refractivity contribution is 7.89. The molecular weight excluding hydrogens is 326 g/mol. The third-order valence-electron chi connectivity index (χ3n) is 3.73. The third-order valence-corrected chi connectivity index (χ3v) is 5.14. The van der Waals surface area contributed by atoms with Gasteiger partial charge in [0.25, 0.3) is 0 Å². The smallest absolute Gasteiger partial charge is 0.240 e. The van der Waals surface area contributed by atoms with Gasteiger partial charge in [0.05, 0.1) is 4.90 Å². The van der Waals surface area contributed by atoms with Gasteiger partial charge in [0.2, 0.25) is 15.9 Å². The summed E-state index contributed by atoms with van der Waals surface area (Å²) in [6, 6.07) is 4.95. The summed E-state index contributed by atoms with van der Waals surface area (Å²) in [5.74, 6) is -0.132. The van der Waals surface area contributed by atoms with Gasteiger partial charge in [-0.25, -0.2) is 13.1 Å². The van der Waals surface area contributed by atoms with Crippen LogP contribution >= 0.6 is 12.4 Å². The van der Waals surface area contributed by atoms with Crippen LogP contribution in [0.25, 0.3) is 0 Å². The number of carbonyl (C=O) groups excluding carboxylic acids is 1. The molecule has 1 aliphatic heterocycles. The number of carbonyl (C=O) groups is 1. The summed E-state index contributed by atoms with van der Waals surface area (Å²) in [6.45, 7) is 3.06. The van der Waals surface area contributed by atoms with Gasteiger partial charge in [0, 0.05) is 24.7 Å². The first-order chi connectivity index (χ1) is 9.90. The first kappa shape index (κ1) is 18.9. The Morgan fingerprint density at radius 1 is 1.36 bits per heavy atom. The van der Waals surface area contributed by atoms with Gasteiger partial charge in [-0.05, 0) is 38.2 Å². The number of hydrogen-bond donors (Lipinski definition) is 2. The topological polar surface area (TPSA) is 78.5 Å². The standard InChI is InChI=1S/C14H21N3O3S.ClH/c1-10(9-15-2)14(18)17-7-6-11-4-5-12(8-13(11)17)21(19,20)16-3;/h4-5,8,10,15-16H,6-7,9H2,1-3H3;1H. The molecule has 1 aliphatic rings. The number of halogens is 1. The minimum absolute atomic E-state index is 0. The molecule has 0 bridgehead atoms. The van der Waals surface area contributed by atoms with Crippen molar-refractivity contribution in [3.05, 3.63) is 23.8 Å². The van der Waals surface area contributed by atoms with Crippen molar-refractivity contribution in [3.8, 4) is 0 Å². The van der Waals surface area contributed by atoms with E-state index in [0.717, 1.165) is 12.0 Å². The Hall–Kier alpha value is -1.15. The molecule has 2 rings (SSSR count). The molecule has 1 heterocycles. The van der Waals surface area contributed by atoms with Crippen LogP contribution in [0.2, 0.25) is 0 Å². The zero-order chi connectivity index (χ0) is 15.6. The Morgan fingerprint density at radius 3 is 2.64 bits per heavy atom. The van der Waals surface area contributed by atoms with E-state index >= 15 is 0 Å². The average molecular weight is 348 g/mol. The zero-order valence-corrected chi connectivity index (χ0v) is 14.6. The molecule has 1 unspecified atom stereocenters. The number of sulfonamides is 1. The lowest BCUT2D eigenvalue weighted by Gasteiger charge is -2.22. The predicted molar refractivity (Wildman–Crippen MR) is 89.1 cm³/mol. The second-order valence-corrected chi connectivity index (χ2v) is 7.08. The van der Waals surface area contributed by atoms with E-state index in [0.29, 0.717) is 18.8 Å². The number of benzene rings is 1. The average Bonchev–Trinajstić information content (AvgIpc) is 2.89. The Kier molecular flexibility index (Phi) is 6.37. The van der Waals surface area contributed by atoms with E-state index in [2.05, 4.69) is 10.0 Å². The first-order valence-corrected chi connectivity index (χ1v) is 8.41. The molecule has 6 nitrogen and oxygen atoms in total. The van der Waals surface area contributed by atoms with Crippen molar-refractivity contribution in [1.29, 1.82) is 0 Å². The van der Waals surface area contributed by atoms with Crippen molar-refractivity contribution in [2.75, 3.05) is 32.1 Å². The zero-order valence-electron chi connectivity index (χ0n) is 12.9. The molecular formula is C14H22ClN3O3S. The summed E-state index contributed by atoms with van der Waals surface area (Å²) in [5, 5.41) is 2.99. The van der Waals surface area contributed by atoms with Crippen LogP contribution in [0.15, 0.2) is 23.1 Å². The van der Waals surface area contributed by atoms with Crippen LogP contribution < -0.4 is 14.9 Å². The number of amides is 1. The molecule has 1 aromatic rings. The molecule has 0 saturated heterocycles. The molecule has 0 spiro atoms. The summed E-state index contributed by atoms with van der Waals surface area (Å²) in [5.41, 5.74) is 1.72. The summed E-state index contributed by atoms with van der Waals surface area (Å²) in [4.78, 5) is 14.3. The number of hydrogen-bond acceptors (Lipinski definition) is 4. The van der Waals surface area contributed by atoms with Crippen molar-refractivity contribution >= 4 is 34.0 Å². The molecule has 1 atom stereocenters. The van der Waals surface area contributed by atoms with Gasteiger partial charge in [0.15, 0.2) is 0 Å². The Balaban J connectivity index is 0.00000242. The molecule has 1 amide bonds. The third kappa shape index (κ3) is 3.60. The normalized spacial score (nSPS) is 15.1. The van der Waals surface area contributed by atoms with E-state index < -0.39 is 10.0 Å². The fraction of sp³-hybridized carbons (Fsp3) is 0.500. The molecule has 0 fully saturated rings. The van der Waals surface area contributed by atoms with Crippen LogP contribution in [0.3, 0.4) is 0 Å². The molecule has 124 valence electrons. The van der Waals surface area contributed by atoms with Crippen molar-refractivity contribution in [3.63, 3.8) is 0 Å². The van der Waals surface area contributed by atoms with Gasteiger partial charge < -0.3 is 10.2 Å². The highest BCUT2D eigenvalue weighted by Gasteiger charge is 2.29. The van der Waals surface area contributed by atoms with E-state index in [4.69, 9.17) is 0 Å². The molecule has 8 heteroatoms. The maximum Gasteiger partial charge on any atom is 0.240 e. The van der Waals surface area contributed by atoms with Gasteiger partial charge in [-0.2, -0.15) is 0 Å². The Labute approximate surface area is 137 Å². The number of rotatable bonds is 5. The summed E-state index contributed by atoms with van der Waals surface area (Å²) in [7, 11) is -0.319. The number of nitrogens with one attached hydrogen (secondary N) is 2. The van der Waals surface area contributed by atoms with E-state index in [9.17, 15) is 13.2 Å². The molecule has 0 aliphatic carbocycles. The van der Waals surface area contributed by atoms with E-state index in [-0.39, 0.29) is 29.1 Å². The summed E-state index contributed by atoms with van der Waals surface area (Å²) < 4.78 is 26.1. The molecule has 22 heavy (non-hydrogen) atoms. The van der Waals surface area contributed by atoms with Crippen LogP contribution in [0, 0.1) is 5.92 Å². The minimum Gasteiger partial charge on any atom is -0.319 e. The van der Waals surface area contributed by atoms with Crippen molar-refractivity contribution in [2.45, 2.75) is 18.2 Å². The maximum absolute atomic E-state index is 12.4. The quantitative estimate of drug-likeness (QED) is 0.824. The van der Waals surface area contributed by atoms with E-state index in [1.807, 2.05) is 6.92 Å². The highest BCUT2D eigenvalue weighted by Crippen LogP contribution is 2.31.